The van der Waals surface area contributed by atoms with Gasteiger partial charge in [0.15, 0.2) is 0 Å². The second-order valence-corrected chi connectivity index (χ2v) is 8.94. The molecule has 0 aliphatic carbocycles. The molecule has 6 nitrogen and oxygen atoms in total. The molecule has 2 N–H and O–H groups in total. The number of anilines is 1. The highest BCUT2D eigenvalue weighted by Crippen LogP contribution is 2.27. The Morgan fingerprint density at radius 3 is 2.31 bits per heavy atom. The summed E-state index contributed by atoms with van der Waals surface area (Å²) in [5.41, 5.74) is 3.84. The zero-order chi connectivity index (χ0) is 25.4. The summed E-state index contributed by atoms with van der Waals surface area (Å²) < 4.78 is 0. The van der Waals surface area contributed by atoms with Crippen LogP contribution in [0.5, 0.6) is 0 Å². The minimum absolute atomic E-state index is 0.125. The van der Waals surface area contributed by atoms with Crippen molar-refractivity contribution in [1.82, 2.24) is 10.2 Å². The van der Waals surface area contributed by atoms with Crippen molar-refractivity contribution in [2.45, 2.75) is 19.4 Å². The summed E-state index contributed by atoms with van der Waals surface area (Å²) >= 11 is 12.1. The Bertz CT molecular complexity index is 1220. The fraction of sp³-hybridized carbons (Fsp3) is 0.222. The van der Waals surface area contributed by atoms with Crippen LogP contribution in [0.15, 0.2) is 66.7 Å². The number of carbonyl (C=O) groups is 2. The topological polar surface area (TPSA) is 85.2 Å². The molecule has 0 aliphatic rings. The van der Waals surface area contributed by atoms with Gasteiger partial charge in [-0.25, -0.2) is 0 Å². The molecule has 3 aromatic rings. The lowest BCUT2D eigenvalue weighted by molar-refractivity contribution is -0.136. The van der Waals surface area contributed by atoms with Gasteiger partial charge < -0.3 is 15.5 Å². The molecule has 0 radical (unpaired) electrons. The molecule has 8 heteroatoms. The van der Waals surface area contributed by atoms with Crippen LogP contribution in [-0.4, -0.2) is 36.9 Å². The van der Waals surface area contributed by atoms with E-state index in [-0.39, 0.29) is 30.8 Å². The van der Waals surface area contributed by atoms with E-state index in [0.717, 1.165) is 16.7 Å². The molecule has 3 aromatic carbocycles. The molecule has 2 amide bonds. The van der Waals surface area contributed by atoms with Gasteiger partial charge in [0.1, 0.15) is 6.54 Å². The zero-order valence-corrected chi connectivity index (χ0v) is 21.0. The molecule has 0 heterocycles. The predicted molar refractivity (Wildman–Crippen MR) is 140 cm³/mol. The predicted octanol–water partition coefficient (Wildman–Crippen LogP) is 5.67. The summed E-state index contributed by atoms with van der Waals surface area (Å²) in [4.78, 5) is 27.4. The lowest BCUT2D eigenvalue weighted by Gasteiger charge is -2.29. The Balaban J connectivity index is 1.79. The van der Waals surface area contributed by atoms with Gasteiger partial charge in [0.2, 0.25) is 11.8 Å². The lowest BCUT2D eigenvalue weighted by Crippen LogP contribution is -2.40. The lowest BCUT2D eigenvalue weighted by atomic mass is 9.99. The fourth-order valence-electron chi connectivity index (χ4n) is 3.70. The Labute approximate surface area is 215 Å². The third-order valence-corrected chi connectivity index (χ3v) is 5.99. The highest BCUT2D eigenvalue weighted by Gasteiger charge is 2.24. The van der Waals surface area contributed by atoms with Gasteiger partial charge in [0.25, 0.3) is 0 Å². The molecule has 0 saturated carbocycles. The number of nitriles is 1. The van der Waals surface area contributed by atoms with Gasteiger partial charge in [-0.3, -0.25) is 9.59 Å². The molecule has 0 aliphatic heterocycles. The van der Waals surface area contributed by atoms with Crippen LogP contribution in [0.2, 0.25) is 10.0 Å². The number of rotatable bonds is 9. The van der Waals surface area contributed by atoms with Crippen molar-refractivity contribution in [3.05, 3.63) is 87.9 Å². The number of halogens is 2. The normalized spacial score (nSPS) is 11.4. The molecule has 0 aromatic heterocycles. The summed E-state index contributed by atoms with van der Waals surface area (Å²) in [7, 11) is 1.77. The zero-order valence-electron chi connectivity index (χ0n) is 19.5. The van der Waals surface area contributed by atoms with Crippen LogP contribution in [0.3, 0.4) is 0 Å². The second-order valence-electron chi connectivity index (χ2n) is 8.07. The quantitative estimate of drug-likeness (QED) is 0.389. The Hall–Kier alpha value is -3.37. The van der Waals surface area contributed by atoms with Gasteiger partial charge in [-0.2, -0.15) is 5.26 Å². The average molecular weight is 509 g/mol. The maximum atomic E-state index is 13.0. The molecule has 0 spiro atoms. The van der Waals surface area contributed by atoms with Crippen molar-refractivity contribution < 1.29 is 9.59 Å². The van der Waals surface area contributed by atoms with Gasteiger partial charge in [0, 0.05) is 28.7 Å². The van der Waals surface area contributed by atoms with Crippen LogP contribution < -0.4 is 10.6 Å². The van der Waals surface area contributed by atoms with Crippen LogP contribution in [0.1, 0.15) is 30.5 Å². The van der Waals surface area contributed by atoms with Gasteiger partial charge >= 0.3 is 0 Å². The largest absolute Gasteiger partial charge is 0.327 e. The average Bonchev–Trinajstić information content (AvgIpc) is 2.85. The third-order valence-electron chi connectivity index (χ3n) is 5.56. The first-order valence-electron chi connectivity index (χ1n) is 11.1. The third kappa shape index (κ3) is 7.30. The van der Waals surface area contributed by atoms with E-state index in [1.807, 2.05) is 49.4 Å². The van der Waals surface area contributed by atoms with E-state index in [1.165, 1.54) is 0 Å². The second kappa shape index (κ2) is 12.4. The first kappa shape index (κ1) is 26.2. The van der Waals surface area contributed by atoms with Crippen LogP contribution in [0.4, 0.5) is 5.69 Å². The summed E-state index contributed by atoms with van der Waals surface area (Å²) in [6, 6.07) is 21.7. The standard InChI is InChI=1S/C27H26Cl2N4O2/c1-18(20-6-8-21(9-7-20)22-5-3-4-19(12-22)16-30)33(27(35)10-11-31-2)17-26(34)32-25-14-23(28)13-24(29)15-25/h3-9,12-15,18,31H,10-11,17H2,1-2H3,(H,32,34)/t18-/m0/s1. The van der Waals surface area contributed by atoms with E-state index in [1.54, 1.807) is 36.2 Å². The molecular formula is C27H26Cl2N4O2. The maximum Gasteiger partial charge on any atom is 0.244 e. The molecule has 0 fully saturated rings. The monoisotopic (exact) mass is 508 g/mol. The van der Waals surface area contributed by atoms with Crippen LogP contribution >= 0.6 is 23.2 Å². The van der Waals surface area contributed by atoms with Crippen molar-refractivity contribution >= 4 is 40.7 Å². The molecule has 3 rings (SSSR count). The Kier molecular flexibility index (Phi) is 9.27. The number of benzene rings is 3. The van der Waals surface area contributed by atoms with E-state index in [9.17, 15) is 9.59 Å². The number of amides is 2. The maximum absolute atomic E-state index is 13.0. The van der Waals surface area contributed by atoms with Crippen molar-refractivity contribution in [3.8, 4) is 17.2 Å². The van der Waals surface area contributed by atoms with Gasteiger partial charge in [0.05, 0.1) is 17.7 Å². The number of nitrogens with one attached hydrogen (secondary N) is 2. The van der Waals surface area contributed by atoms with Crippen molar-refractivity contribution in [1.29, 1.82) is 5.26 Å². The van der Waals surface area contributed by atoms with Gasteiger partial charge in [-0.05, 0) is 61.0 Å². The highest BCUT2D eigenvalue weighted by molar-refractivity contribution is 6.35. The minimum Gasteiger partial charge on any atom is -0.327 e. The summed E-state index contributed by atoms with van der Waals surface area (Å²) in [5.74, 6) is -0.491. The molecule has 1 atom stereocenters. The first-order chi connectivity index (χ1) is 16.8. The van der Waals surface area contributed by atoms with Crippen LogP contribution in [0, 0.1) is 11.3 Å². The molecule has 35 heavy (non-hydrogen) atoms. The van der Waals surface area contributed by atoms with Crippen molar-refractivity contribution in [2.75, 3.05) is 25.5 Å². The van der Waals surface area contributed by atoms with Gasteiger partial charge in [-0.1, -0.05) is 59.6 Å². The molecular weight excluding hydrogens is 483 g/mol. The van der Waals surface area contributed by atoms with E-state index < -0.39 is 0 Å². The Morgan fingerprint density at radius 1 is 1.00 bits per heavy atom. The highest BCUT2D eigenvalue weighted by atomic mass is 35.5. The van der Waals surface area contributed by atoms with Crippen LogP contribution in [-0.2, 0) is 9.59 Å². The van der Waals surface area contributed by atoms with Crippen molar-refractivity contribution in [3.63, 3.8) is 0 Å². The van der Waals surface area contributed by atoms with Crippen molar-refractivity contribution in [2.24, 2.45) is 0 Å². The fourth-order valence-corrected chi connectivity index (χ4v) is 4.23. The summed E-state index contributed by atoms with van der Waals surface area (Å²) in [6.45, 7) is 2.27. The Morgan fingerprint density at radius 2 is 1.69 bits per heavy atom. The smallest absolute Gasteiger partial charge is 0.244 e. The summed E-state index contributed by atoms with van der Waals surface area (Å²) in [6.07, 6.45) is 0.260. The molecule has 0 bridgehead atoms. The van der Waals surface area contributed by atoms with Crippen LogP contribution in [0.25, 0.3) is 11.1 Å². The first-order valence-corrected chi connectivity index (χ1v) is 11.9. The van der Waals surface area contributed by atoms with E-state index >= 15 is 0 Å². The number of carbonyl (C=O) groups excluding carboxylic acids is 2. The number of nitrogens with zero attached hydrogens (tertiary/aromatic N) is 2. The molecule has 180 valence electrons. The van der Waals surface area contributed by atoms with E-state index in [2.05, 4.69) is 16.7 Å². The minimum atomic E-state index is -0.349. The number of hydrogen-bond acceptors (Lipinski definition) is 4. The summed E-state index contributed by atoms with van der Waals surface area (Å²) in [5, 5.41) is 15.7. The SMILES string of the molecule is CNCCC(=O)N(CC(=O)Nc1cc(Cl)cc(Cl)c1)[C@@H](C)c1ccc(-c2cccc(C#N)c2)cc1. The molecule has 0 unspecified atom stereocenters. The molecule has 0 saturated heterocycles. The van der Waals surface area contributed by atoms with Gasteiger partial charge in [-0.15, -0.1) is 0 Å². The van der Waals surface area contributed by atoms with E-state index in [0.29, 0.717) is 27.8 Å². The number of hydrogen-bond donors (Lipinski definition) is 2. The van der Waals surface area contributed by atoms with E-state index in [4.69, 9.17) is 28.5 Å².